The Morgan fingerprint density at radius 3 is 2.78 bits per heavy atom. The lowest BCUT2D eigenvalue weighted by atomic mass is 10.0. The molecule has 1 unspecified atom stereocenters. The highest BCUT2D eigenvalue weighted by Crippen LogP contribution is 2.31. The van der Waals surface area contributed by atoms with Gasteiger partial charge in [0.15, 0.2) is 0 Å². The first-order valence-electron chi connectivity index (χ1n) is 5.24. The van der Waals surface area contributed by atoms with Crippen LogP contribution in [0.2, 0.25) is 5.02 Å². The molecule has 0 amide bonds. The van der Waals surface area contributed by atoms with Crippen molar-refractivity contribution >= 4 is 27.5 Å². The monoisotopic (exact) mass is 327 g/mol. The minimum Gasteiger partial charge on any atom is -0.495 e. The molecule has 1 aromatic heterocycles. The van der Waals surface area contributed by atoms with E-state index >= 15 is 0 Å². The van der Waals surface area contributed by atoms with Crippen LogP contribution in [0.15, 0.2) is 41.1 Å². The number of halogens is 2. The Kier molecular flexibility index (Phi) is 4.22. The molecule has 18 heavy (non-hydrogen) atoms. The Morgan fingerprint density at radius 1 is 1.33 bits per heavy atom. The molecule has 3 nitrogen and oxygen atoms in total. The number of rotatable bonds is 3. The third kappa shape index (κ3) is 2.83. The summed E-state index contributed by atoms with van der Waals surface area (Å²) in [5.41, 5.74) is 1.40. The van der Waals surface area contributed by atoms with Crippen LogP contribution in [0.1, 0.15) is 17.2 Å². The van der Waals surface area contributed by atoms with Crippen LogP contribution in [0.25, 0.3) is 0 Å². The number of nitrogens with zero attached hydrogens (tertiary/aromatic N) is 1. The fourth-order valence-corrected chi connectivity index (χ4v) is 2.50. The lowest BCUT2D eigenvalue weighted by Gasteiger charge is -2.14. The minimum atomic E-state index is -0.778. The first-order valence-corrected chi connectivity index (χ1v) is 6.41. The van der Waals surface area contributed by atoms with Gasteiger partial charge in [0.05, 0.1) is 13.3 Å². The molecule has 1 heterocycles. The van der Waals surface area contributed by atoms with E-state index in [2.05, 4.69) is 20.9 Å². The van der Waals surface area contributed by atoms with E-state index in [4.69, 9.17) is 16.3 Å². The fraction of sp³-hybridized carbons (Fsp3) is 0.154. The summed E-state index contributed by atoms with van der Waals surface area (Å²) in [6.07, 6.45) is 2.42. The van der Waals surface area contributed by atoms with Crippen molar-refractivity contribution in [1.29, 1.82) is 0 Å². The summed E-state index contributed by atoms with van der Waals surface area (Å²) in [7, 11) is 1.56. The zero-order valence-electron chi connectivity index (χ0n) is 9.60. The predicted octanol–water partition coefficient (Wildman–Crippen LogP) is 3.59. The molecule has 0 saturated heterocycles. The SMILES string of the molecule is COc1cncc(C(O)c2ccc(Cl)cc2Br)c1. The van der Waals surface area contributed by atoms with Crippen LogP contribution in [0.3, 0.4) is 0 Å². The molecule has 1 N–H and O–H groups in total. The average Bonchev–Trinajstić information content (AvgIpc) is 2.38. The third-order valence-corrected chi connectivity index (χ3v) is 3.46. The Balaban J connectivity index is 2.37. The molecule has 94 valence electrons. The van der Waals surface area contributed by atoms with E-state index in [0.717, 1.165) is 10.0 Å². The highest BCUT2D eigenvalue weighted by Gasteiger charge is 2.15. The first-order chi connectivity index (χ1) is 8.61. The van der Waals surface area contributed by atoms with Crippen LogP contribution in [-0.2, 0) is 0 Å². The number of pyridine rings is 1. The summed E-state index contributed by atoms with van der Waals surface area (Å²) in [5, 5.41) is 10.9. The fourth-order valence-electron chi connectivity index (χ4n) is 1.60. The van der Waals surface area contributed by atoms with Crippen molar-refractivity contribution in [3.8, 4) is 5.75 Å². The number of aromatic nitrogens is 1. The van der Waals surface area contributed by atoms with Gasteiger partial charge in [-0.25, -0.2) is 0 Å². The summed E-state index contributed by atoms with van der Waals surface area (Å²) >= 11 is 9.26. The number of aliphatic hydroxyl groups excluding tert-OH is 1. The minimum absolute atomic E-state index is 0.608. The Hall–Kier alpha value is -1.10. The molecular weight excluding hydrogens is 318 g/mol. The molecule has 1 atom stereocenters. The second kappa shape index (κ2) is 5.69. The number of ether oxygens (including phenoxy) is 1. The molecule has 0 aliphatic rings. The lowest BCUT2D eigenvalue weighted by Crippen LogP contribution is -2.01. The van der Waals surface area contributed by atoms with Gasteiger partial charge < -0.3 is 9.84 Å². The second-order valence-electron chi connectivity index (χ2n) is 3.73. The molecule has 0 aliphatic heterocycles. The van der Waals surface area contributed by atoms with Gasteiger partial charge in [-0.15, -0.1) is 0 Å². The Bertz CT molecular complexity index is 562. The van der Waals surface area contributed by atoms with Crippen LogP contribution >= 0.6 is 27.5 Å². The molecule has 0 bridgehead atoms. The molecule has 0 fully saturated rings. The van der Waals surface area contributed by atoms with Crippen LogP contribution in [0.5, 0.6) is 5.75 Å². The second-order valence-corrected chi connectivity index (χ2v) is 5.02. The highest BCUT2D eigenvalue weighted by molar-refractivity contribution is 9.10. The summed E-state index contributed by atoms with van der Waals surface area (Å²) in [6, 6.07) is 7.00. The van der Waals surface area contributed by atoms with E-state index in [0.29, 0.717) is 16.3 Å². The van der Waals surface area contributed by atoms with Crippen molar-refractivity contribution in [3.63, 3.8) is 0 Å². The van der Waals surface area contributed by atoms with E-state index in [-0.39, 0.29) is 0 Å². The van der Waals surface area contributed by atoms with Gasteiger partial charge in [-0.2, -0.15) is 0 Å². The summed E-state index contributed by atoms with van der Waals surface area (Å²) in [4.78, 5) is 4.02. The lowest BCUT2D eigenvalue weighted by molar-refractivity contribution is 0.218. The van der Waals surface area contributed by atoms with Gasteiger partial charge in [0.2, 0.25) is 0 Å². The summed E-state index contributed by atoms with van der Waals surface area (Å²) in [6.45, 7) is 0. The van der Waals surface area contributed by atoms with E-state index in [9.17, 15) is 5.11 Å². The molecule has 0 radical (unpaired) electrons. The standard InChI is InChI=1S/C13H11BrClNO2/c1-18-10-4-8(6-16-7-10)13(17)11-3-2-9(15)5-12(11)14/h2-7,13,17H,1H3. The summed E-state index contributed by atoms with van der Waals surface area (Å²) in [5.74, 6) is 0.608. The zero-order valence-corrected chi connectivity index (χ0v) is 11.9. The van der Waals surface area contributed by atoms with Crippen LogP contribution in [0, 0.1) is 0 Å². The quantitative estimate of drug-likeness (QED) is 0.936. The van der Waals surface area contributed by atoms with E-state index in [1.165, 1.54) is 0 Å². The molecule has 1 aromatic carbocycles. The first kappa shape index (κ1) is 13.3. The van der Waals surface area contributed by atoms with Crippen LogP contribution < -0.4 is 4.74 Å². The van der Waals surface area contributed by atoms with Gasteiger partial charge in [-0.05, 0) is 23.8 Å². The molecular formula is C13H11BrClNO2. The van der Waals surface area contributed by atoms with Gasteiger partial charge in [0, 0.05) is 21.3 Å². The normalized spacial score (nSPS) is 12.2. The Morgan fingerprint density at radius 2 is 2.11 bits per heavy atom. The van der Waals surface area contributed by atoms with E-state index in [1.54, 1.807) is 43.8 Å². The highest BCUT2D eigenvalue weighted by atomic mass is 79.9. The molecule has 0 saturated carbocycles. The average molecular weight is 329 g/mol. The van der Waals surface area contributed by atoms with Crippen molar-refractivity contribution in [2.45, 2.75) is 6.10 Å². The van der Waals surface area contributed by atoms with Gasteiger partial charge in [-0.3, -0.25) is 4.98 Å². The van der Waals surface area contributed by atoms with Crippen molar-refractivity contribution < 1.29 is 9.84 Å². The van der Waals surface area contributed by atoms with Crippen molar-refractivity contribution in [1.82, 2.24) is 4.98 Å². The van der Waals surface area contributed by atoms with Gasteiger partial charge in [0.1, 0.15) is 11.9 Å². The zero-order chi connectivity index (χ0) is 13.1. The molecule has 2 rings (SSSR count). The number of benzene rings is 1. The van der Waals surface area contributed by atoms with Crippen molar-refractivity contribution in [2.24, 2.45) is 0 Å². The van der Waals surface area contributed by atoms with Crippen molar-refractivity contribution in [2.75, 3.05) is 7.11 Å². The van der Waals surface area contributed by atoms with Gasteiger partial charge in [-0.1, -0.05) is 33.6 Å². The molecule has 0 aliphatic carbocycles. The van der Waals surface area contributed by atoms with Gasteiger partial charge in [0.25, 0.3) is 0 Å². The summed E-state index contributed by atoms with van der Waals surface area (Å²) < 4.78 is 5.84. The van der Waals surface area contributed by atoms with E-state index in [1.807, 2.05) is 0 Å². The maximum atomic E-state index is 10.3. The topological polar surface area (TPSA) is 42.4 Å². The van der Waals surface area contributed by atoms with Crippen LogP contribution in [0.4, 0.5) is 0 Å². The number of methoxy groups -OCH3 is 1. The molecule has 0 spiro atoms. The van der Waals surface area contributed by atoms with E-state index < -0.39 is 6.10 Å². The molecule has 2 aromatic rings. The van der Waals surface area contributed by atoms with Gasteiger partial charge >= 0.3 is 0 Å². The predicted molar refractivity (Wildman–Crippen MR) is 74.0 cm³/mol. The van der Waals surface area contributed by atoms with Crippen molar-refractivity contribution in [3.05, 3.63) is 57.3 Å². The maximum absolute atomic E-state index is 10.3. The third-order valence-electron chi connectivity index (χ3n) is 2.54. The number of hydrogen-bond donors (Lipinski definition) is 1. The smallest absolute Gasteiger partial charge is 0.137 e. The van der Waals surface area contributed by atoms with Crippen LogP contribution in [-0.4, -0.2) is 17.2 Å². The number of hydrogen-bond acceptors (Lipinski definition) is 3. The molecule has 5 heteroatoms. The number of aliphatic hydroxyl groups is 1. The largest absolute Gasteiger partial charge is 0.495 e. The Labute approximate surface area is 119 Å². The maximum Gasteiger partial charge on any atom is 0.137 e.